The Morgan fingerprint density at radius 3 is 2.39 bits per heavy atom. The minimum Gasteiger partial charge on any atom is -0.466 e. The van der Waals surface area contributed by atoms with E-state index in [1.54, 1.807) is 6.92 Å². The fourth-order valence-electron chi connectivity index (χ4n) is 1.41. The summed E-state index contributed by atoms with van der Waals surface area (Å²) in [4.78, 5) is 33.6. The maximum atomic E-state index is 11.5. The number of amides is 2. The SMILES string of the molecule is CCCC[C@@H](NC(=O)CCC(=O)OCC)C(N)=O. The molecule has 0 saturated carbocycles. The fourth-order valence-corrected chi connectivity index (χ4v) is 1.41. The van der Waals surface area contributed by atoms with Gasteiger partial charge in [0.25, 0.3) is 0 Å². The van der Waals surface area contributed by atoms with Crippen LogP contribution in [0.4, 0.5) is 0 Å². The van der Waals surface area contributed by atoms with Gasteiger partial charge in [0, 0.05) is 6.42 Å². The molecule has 0 radical (unpaired) electrons. The molecular weight excluding hydrogens is 236 g/mol. The quantitative estimate of drug-likeness (QED) is 0.588. The van der Waals surface area contributed by atoms with Gasteiger partial charge in [-0.1, -0.05) is 19.8 Å². The van der Waals surface area contributed by atoms with Crippen LogP contribution in [0.15, 0.2) is 0 Å². The standard InChI is InChI=1S/C12H22N2O4/c1-3-5-6-9(12(13)17)14-10(15)7-8-11(16)18-4-2/h9H,3-8H2,1-2H3,(H2,13,17)(H,14,15)/t9-/m1/s1. The molecule has 0 aliphatic rings. The first-order valence-electron chi connectivity index (χ1n) is 6.25. The molecule has 0 unspecified atom stereocenters. The molecule has 0 aliphatic carbocycles. The highest BCUT2D eigenvalue weighted by Crippen LogP contribution is 2.01. The Labute approximate surface area is 107 Å². The number of hydrogen-bond donors (Lipinski definition) is 2. The van der Waals surface area contributed by atoms with Gasteiger partial charge >= 0.3 is 5.97 Å². The third kappa shape index (κ3) is 7.65. The molecule has 0 rings (SSSR count). The van der Waals surface area contributed by atoms with E-state index in [0.717, 1.165) is 12.8 Å². The second-order valence-electron chi connectivity index (χ2n) is 3.97. The Morgan fingerprint density at radius 1 is 1.22 bits per heavy atom. The molecule has 0 aromatic carbocycles. The van der Waals surface area contributed by atoms with Crippen LogP contribution in [0.25, 0.3) is 0 Å². The number of unbranched alkanes of at least 4 members (excludes halogenated alkanes) is 1. The van der Waals surface area contributed by atoms with Crippen LogP contribution in [-0.2, 0) is 19.1 Å². The average molecular weight is 258 g/mol. The lowest BCUT2D eigenvalue weighted by molar-refractivity contribution is -0.144. The van der Waals surface area contributed by atoms with E-state index in [-0.39, 0.29) is 18.7 Å². The normalized spacial score (nSPS) is 11.7. The molecule has 0 fully saturated rings. The summed E-state index contributed by atoms with van der Waals surface area (Å²) in [7, 11) is 0. The molecule has 6 nitrogen and oxygen atoms in total. The smallest absolute Gasteiger partial charge is 0.306 e. The molecule has 0 heterocycles. The molecular formula is C12H22N2O4. The van der Waals surface area contributed by atoms with Crippen LogP contribution in [0.5, 0.6) is 0 Å². The number of nitrogens with one attached hydrogen (secondary N) is 1. The van der Waals surface area contributed by atoms with Crippen LogP contribution in [0.3, 0.4) is 0 Å². The topological polar surface area (TPSA) is 98.5 Å². The Bertz CT molecular complexity index is 292. The van der Waals surface area contributed by atoms with Crippen LogP contribution in [0.2, 0.25) is 0 Å². The predicted octanol–water partition coefficient (Wildman–Crippen LogP) is 0.490. The van der Waals surface area contributed by atoms with Crippen LogP contribution < -0.4 is 11.1 Å². The summed E-state index contributed by atoms with van der Waals surface area (Å²) in [5, 5.41) is 2.53. The summed E-state index contributed by atoms with van der Waals surface area (Å²) in [6, 6.07) is -0.653. The molecule has 1 atom stereocenters. The van der Waals surface area contributed by atoms with Gasteiger partial charge < -0.3 is 15.8 Å². The Hall–Kier alpha value is -1.59. The monoisotopic (exact) mass is 258 g/mol. The number of ether oxygens (including phenoxy) is 1. The van der Waals surface area contributed by atoms with E-state index in [1.807, 2.05) is 6.92 Å². The fraction of sp³-hybridized carbons (Fsp3) is 0.750. The molecule has 0 bridgehead atoms. The number of rotatable bonds is 9. The van der Waals surface area contributed by atoms with Crippen LogP contribution in [-0.4, -0.2) is 30.4 Å². The third-order valence-corrected chi connectivity index (χ3v) is 2.39. The first kappa shape index (κ1) is 16.4. The summed E-state index contributed by atoms with van der Waals surface area (Å²) >= 11 is 0. The van der Waals surface area contributed by atoms with E-state index in [2.05, 4.69) is 5.32 Å². The lowest BCUT2D eigenvalue weighted by Gasteiger charge is -2.14. The maximum Gasteiger partial charge on any atom is 0.306 e. The Morgan fingerprint density at radius 2 is 1.89 bits per heavy atom. The Kier molecular flexibility index (Phi) is 8.61. The summed E-state index contributed by atoms with van der Waals surface area (Å²) in [5.74, 6) is -1.33. The van der Waals surface area contributed by atoms with Crippen molar-refractivity contribution in [3.05, 3.63) is 0 Å². The second kappa shape index (κ2) is 9.44. The van der Waals surface area contributed by atoms with E-state index in [9.17, 15) is 14.4 Å². The summed E-state index contributed by atoms with van der Waals surface area (Å²) in [5.41, 5.74) is 5.18. The van der Waals surface area contributed by atoms with Gasteiger partial charge in [-0.2, -0.15) is 0 Å². The Balaban J connectivity index is 4.02. The molecule has 0 aromatic heterocycles. The van der Waals surface area contributed by atoms with Gasteiger partial charge in [0.05, 0.1) is 13.0 Å². The number of primary amides is 1. The molecule has 0 aromatic rings. The van der Waals surface area contributed by atoms with Crippen molar-refractivity contribution in [1.29, 1.82) is 0 Å². The van der Waals surface area contributed by atoms with Gasteiger partial charge in [-0.05, 0) is 13.3 Å². The van der Waals surface area contributed by atoms with E-state index < -0.39 is 17.9 Å². The second-order valence-corrected chi connectivity index (χ2v) is 3.97. The van der Waals surface area contributed by atoms with Crippen molar-refractivity contribution < 1.29 is 19.1 Å². The van der Waals surface area contributed by atoms with Gasteiger partial charge in [-0.25, -0.2) is 0 Å². The third-order valence-electron chi connectivity index (χ3n) is 2.39. The summed E-state index contributed by atoms with van der Waals surface area (Å²) < 4.78 is 4.70. The lowest BCUT2D eigenvalue weighted by atomic mass is 10.1. The van der Waals surface area contributed by atoms with Crippen molar-refractivity contribution in [2.45, 2.75) is 52.0 Å². The summed E-state index contributed by atoms with van der Waals surface area (Å²) in [6.45, 7) is 3.98. The number of carbonyl (C=O) groups is 3. The zero-order chi connectivity index (χ0) is 14.0. The minimum atomic E-state index is -0.653. The van der Waals surface area contributed by atoms with Gasteiger partial charge in [-0.3, -0.25) is 14.4 Å². The molecule has 2 amide bonds. The highest BCUT2D eigenvalue weighted by molar-refractivity contribution is 5.87. The predicted molar refractivity (Wildman–Crippen MR) is 66.5 cm³/mol. The largest absolute Gasteiger partial charge is 0.466 e. The van der Waals surface area contributed by atoms with Crippen molar-refractivity contribution in [1.82, 2.24) is 5.32 Å². The molecule has 18 heavy (non-hydrogen) atoms. The number of hydrogen-bond acceptors (Lipinski definition) is 4. The van der Waals surface area contributed by atoms with E-state index in [1.165, 1.54) is 0 Å². The number of nitrogens with two attached hydrogens (primary N) is 1. The van der Waals surface area contributed by atoms with Crippen molar-refractivity contribution in [3.63, 3.8) is 0 Å². The van der Waals surface area contributed by atoms with E-state index in [4.69, 9.17) is 10.5 Å². The van der Waals surface area contributed by atoms with E-state index in [0.29, 0.717) is 13.0 Å². The number of esters is 1. The van der Waals surface area contributed by atoms with Crippen molar-refractivity contribution in [2.24, 2.45) is 5.73 Å². The molecule has 3 N–H and O–H groups in total. The zero-order valence-electron chi connectivity index (χ0n) is 11.0. The molecule has 0 saturated heterocycles. The zero-order valence-corrected chi connectivity index (χ0v) is 11.0. The van der Waals surface area contributed by atoms with Crippen LogP contribution in [0, 0.1) is 0 Å². The van der Waals surface area contributed by atoms with Crippen molar-refractivity contribution in [3.8, 4) is 0 Å². The highest BCUT2D eigenvalue weighted by atomic mass is 16.5. The molecule has 0 spiro atoms. The molecule has 6 heteroatoms. The first-order valence-corrected chi connectivity index (χ1v) is 6.25. The van der Waals surface area contributed by atoms with Crippen LogP contribution >= 0.6 is 0 Å². The summed E-state index contributed by atoms with van der Waals surface area (Å²) in [6.07, 6.45) is 2.28. The van der Waals surface area contributed by atoms with Gasteiger partial charge in [-0.15, -0.1) is 0 Å². The molecule has 0 aliphatic heterocycles. The number of carbonyl (C=O) groups excluding carboxylic acids is 3. The van der Waals surface area contributed by atoms with Crippen molar-refractivity contribution in [2.75, 3.05) is 6.61 Å². The van der Waals surface area contributed by atoms with Crippen LogP contribution in [0.1, 0.15) is 46.0 Å². The van der Waals surface area contributed by atoms with Gasteiger partial charge in [0.1, 0.15) is 6.04 Å². The average Bonchev–Trinajstić information content (AvgIpc) is 2.32. The van der Waals surface area contributed by atoms with Gasteiger partial charge in [0.15, 0.2) is 0 Å². The highest BCUT2D eigenvalue weighted by Gasteiger charge is 2.17. The lowest BCUT2D eigenvalue weighted by Crippen LogP contribution is -2.44. The van der Waals surface area contributed by atoms with Crippen molar-refractivity contribution >= 4 is 17.8 Å². The first-order chi connectivity index (χ1) is 8.51. The van der Waals surface area contributed by atoms with E-state index >= 15 is 0 Å². The maximum absolute atomic E-state index is 11.5. The molecule has 104 valence electrons. The van der Waals surface area contributed by atoms with Gasteiger partial charge in [0.2, 0.25) is 11.8 Å². The minimum absolute atomic E-state index is 0.00867.